The van der Waals surface area contributed by atoms with E-state index in [-0.39, 0.29) is 0 Å². The molecule has 0 saturated carbocycles. The first-order chi connectivity index (χ1) is 7.40. The van der Waals surface area contributed by atoms with Crippen LogP contribution in [-0.4, -0.2) is 62.3 Å². The van der Waals surface area contributed by atoms with Gasteiger partial charge >= 0.3 is 0 Å². The highest BCUT2D eigenvalue weighted by Crippen LogP contribution is 2.20. The van der Waals surface area contributed by atoms with Crippen molar-refractivity contribution in [2.75, 3.05) is 46.4 Å². The fraction of sp³-hybridized carbons (Fsp3) is 1.00. The molecule has 0 aromatic carbocycles. The van der Waals surface area contributed by atoms with Gasteiger partial charge in [-0.2, -0.15) is 0 Å². The number of hydrogen-bond acceptors (Lipinski definition) is 3. The third kappa shape index (κ3) is 3.16. The van der Waals surface area contributed by atoms with Crippen LogP contribution in [0.15, 0.2) is 0 Å². The molecular formula is C12H24N2O. The first-order valence-electron chi connectivity index (χ1n) is 6.35. The van der Waals surface area contributed by atoms with E-state index in [2.05, 4.69) is 9.80 Å². The fourth-order valence-electron chi connectivity index (χ4n) is 2.86. The first-order valence-corrected chi connectivity index (χ1v) is 6.35. The van der Waals surface area contributed by atoms with Crippen LogP contribution in [0.4, 0.5) is 0 Å². The second-order valence-electron chi connectivity index (χ2n) is 4.83. The minimum Gasteiger partial charge on any atom is -0.383 e. The Morgan fingerprint density at radius 3 is 2.67 bits per heavy atom. The predicted octanol–water partition coefficient (Wildman–Crippen LogP) is 1.19. The van der Waals surface area contributed by atoms with E-state index in [0.717, 1.165) is 19.2 Å². The Morgan fingerprint density at radius 1 is 1.13 bits per heavy atom. The zero-order chi connectivity index (χ0) is 10.5. The molecule has 0 aromatic heterocycles. The van der Waals surface area contributed by atoms with Gasteiger partial charge in [-0.25, -0.2) is 0 Å². The summed E-state index contributed by atoms with van der Waals surface area (Å²) in [4.78, 5) is 5.26. The van der Waals surface area contributed by atoms with E-state index in [9.17, 15) is 0 Å². The van der Waals surface area contributed by atoms with Gasteiger partial charge in [0.2, 0.25) is 0 Å². The van der Waals surface area contributed by atoms with E-state index in [1.807, 2.05) is 0 Å². The van der Waals surface area contributed by atoms with Gasteiger partial charge in [-0.1, -0.05) is 0 Å². The van der Waals surface area contributed by atoms with Gasteiger partial charge in [0.1, 0.15) is 0 Å². The molecular weight excluding hydrogens is 188 g/mol. The number of likely N-dealkylation sites (tertiary alicyclic amines) is 2. The van der Waals surface area contributed by atoms with E-state index >= 15 is 0 Å². The van der Waals surface area contributed by atoms with Crippen LogP contribution >= 0.6 is 0 Å². The summed E-state index contributed by atoms with van der Waals surface area (Å²) >= 11 is 0. The zero-order valence-electron chi connectivity index (χ0n) is 9.95. The summed E-state index contributed by atoms with van der Waals surface area (Å²) in [6, 6.07) is 0.832. The minimum absolute atomic E-state index is 0.832. The minimum atomic E-state index is 0.832. The lowest BCUT2D eigenvalue weighted by Crippen LogP contribution is -2.47. The summed E-state index contributed by atoms with van der Waals surface area (Å²) in [6.07, 6.45) is 5.59. The van der Waals surface area contributed by atoms with Crippen LogP contribution in [0.25, 0.3) is 0 Å². The number of methoxy groups -OCH3 is 1. The van der Waals surface area contributed by atoms with Crippen LogP contribution in [0.3, 0.4) is 0 Å². The molecule has 3 heteroatoms. The standard InChI is InChI=1S/C12H24N2O/c1-15-10-9-13-6-4-5-12(11-13)14-7-2-3-8-14/h12H,2-11H2,1H3. The Kier molecular flexibility index (Phi) is 4.42. The molecule has 2 saturated heterocycles. The largest absolute Gasteiger partial charge is 0.383 e. The predicted molar refractivity (Wildman–Crippen MR) is 62.1 cm³/mol. The number of rotatable bonds is 4. The Bertz CT molecular complexity index is 180. The highest BCUT2D eigenvalue weighted by atomic mass is 16.5. The average Bonchev–Trinajstić information content (AvgIpc) is 2.80. The van der Waals surface area contributed by atoms with Gasteiger partial charge in [0.05, 0.1) is 6.61 Å². The second-order valence-corrected chi connectivity index (χ2v) is 4.83. The van der Waals surface area contributed by atoms with Crippen LogP contribution < -0.4 is 0 Å². The molecule has 2 fully saturated rings. The molecule has 1 atom stereocenters. The van der Waals surface area contributed by atoms with Gasteiger partial charge in [0.25, 0.3) is 0 Å². The molecule has 0 aliphatic carbocycles. The van der Waals surface area contributed by atoms with Gasteiger partial charge in [0, 0.05) is 26.2 Å². The van der Waals surface area contributed by atoms with Crippen LogP contribution in [0.5, 0.6) is 0 Å². The molecule has 2 aliphatic rings. The van der Waals surface area contributed by atoms with Crippen molar-refractivity contribution in [3.05, 3.63) is 0 Å². The van der Waals surface area contributed by atoms with E-state index in [4.69, 9.17) is 4.74 Å². The molecule has 88 valence electrons. The van der Waals surface area contributed by atoms with Crippen molar-refractivity contribution in [2.45, 2.75) is 31.7 Å². The quantitative estimate of drug-likeness (QED) is 0.696. The Labute approximate surface area is 93.4 Å². The molecule has 0 radical (unpaired) electrons. The molecule has 2 heterocycles. The summed E-state index contributed by atoms with van der Waals surface area (Å²) < 4.78 is 5.15. The van der Waals surface area contributed by atoms with Crippen molar-refractivity contribution >= 4 is 0 Å². The fourth-order valence-corrected chi connectivity index (χ4v) is 2.86. The molecule has 2 aliphatic heterocycles. The van der Waals surface area contributed by atoms with E-state index < -0.39 is 0 Å². The number of nitrogens with zero attached hydrogens (tertiary/aromatic N) is 2. The highest BCUT2D eigenvalue weighted by molar-refractivity contribution is 4.83. The zero-order valence-corrected chi connectivity index (χ0v) is 9.95. The average molecular weight is 212 g/mol. The highest BCUT2D eigenvalue weighted by Gasteiger charge is 2.26. The van der Waals surface area contributed by atoms with Gasteiger partial charge < -0.3 is 4.74 Å². The van der Waals surface area contributed by atoms with Crippen molar-refractivity contribution < 1.29 is 4.74 Å². The maximum atomic E-state index is 5.15. The molecule has 0 N–H and O–H groups in total. The van der Waals surface area contributed by atoms with Crippen molar-refractivity contribution in [3.8, 4) is 0 Å². The molecule has 0 spiro atoms. The first kappa shape index (κ1) is 11.4. The third-order valence-electron chi connectivity index (χ3n) is 3.75. The maximum Gasteiger partial charge on any atom is 0.0589 e. The van der Waals surface area contributed by atoms with Crippen molar-refractivity contribution in [1.82, 2.24) is 9.80 Å². The summed E-state index contributed by atoms with van der Waals surface area (Å²) in [5, 5.41) is 0. The lowest BCUT2D eigenvalue weighted by Gasteiger charge is -2.37. The van der Waals surface area contributed by atoms with Crippen LogP contribution in [0.2, 0.25) is 0 Å². The van der Waals surface area contributed by atoms with E-state index in [1.54, 1.807) is 7.11 Å². The van der Waals surface area contributed by atoms with Crippen LogP contribution in [0.1, 0.15) is 25.7 Å². The van der Waals surface area contributed by atoms with Crippen LogP contribution in [0, 0.1) is 0 Å². The smallest absolute Gasteiger partial charge is 0.0589 e. The monoisotopic (exact) mass is 212 g/mol. The lowest BCUT2D eigenvalue weighted by atomic mass is 10.0. The molecule has 15 heavy (non-hydrogen) atoms. The SMILES string of the molecule is COCCN1CCCC(N2CCCC2)C1. The Balaban J connectivity index is 1.75. The molecule has 0 bridgehead atoms. The van der Waals surface area contributed by atoms with Gasteiger partial charge in [-0.15, -0.1) is 0 Å². The molecule has 3 nitrogen and oxygen atoms in total. The van der Waals surface area contributed by atoms with Gasteiger partial charge in [0.15, 0.2) is 0 Å². The Morgan fingerprint density at radius 2 is 1.93 bits per heavy atom. The van der Waals surface area contributed by atoms with E-state index in [1.165, 1.54) is 51.9 Å². The molecule has 1 unspecified atom stereocenters. The van der Waals surface area contributed by atoms with Gasteiger partial charge in [-0.3, -0.25) is 9.80 Å². The molecule has 0 aromatic rings. The molecule has 0 amide bonds. The summed E-state index contributed by atoms with van der Waals surface area (Å²) in [6.45, 7) is 7.20. The maximum absolute atomic E-state index is 5.15. The van der Waals surface area contributed by atoms with Crippen molar-refractivity contribution in [1.29, 1.82) is 0 Å². The third-order valence-corrected chi connectivity index (χ3v) is 3.75. The number of piperidine rings is 1. The summed E-state index contributed by atoms with van der Waals surface area (Å²) in [7, 11) is 1.79. The van der Waals surface area contributed by atoms with Gasteiger partial charge in [-0.05, 0) is 45.3 Å². The van der Waals surface area contributed by atoms with Crippen molar-refractivity contribution in [3.63, 3.8) is 0 Å². The summed E-state index contributed by atoms with van der Waals surface area (Å²) in [5.74, 6) is 0. The topological polar surface area (TPSA) is 15.7 Å². The lowest BCUT2D eigenvalue weighted by molar-refractivity contribution is 0.0870. The summed E-state index contributed by atoms with van der Waals surface area (Å²) in [5.41, 5.74) is 0. The van der Waals surface area contributed by atoms with E-state index in [0.29, 0.717) is 0 Å². The number of ether oxygens (including phenoxy) is 1. The normalized spacial score (nSPS) is 29.8. The van der Waals surface area contributed by atoms with Crippen molar-refractivity contribution in [2.24, 2.45) is 0 Å². The second kappa shape index (κ2) is 5.83. The Hall–Kier alpha value is -0.120. The molecule has 2 rings (SSSR count). The number of hydrogen-bond donors (Lipinski definition) is 0. The van der Waals surface area contributed by atoms with Crippen LogP contribution in [-0.2, 0) is 4.74 Å².